The van der Waals surface area contributed by atoms with Gasteiger partial charge in [0, 0.05) is 0 Å². The maximum atomic E-state index is 8.59. The van der Waals surface area contributed by atoms with Crippen molar-refractivity contribution in [1.29, 1.82) is 0 Å². The van der Waals surface area contributed by atoms with Gasteiger partial charge in [-0.3, -0.25) is 0 Å². The summed E-state index contributed by atoms with van der Waals surface area (Å²) in [5.74, 6) is 0. The molecule has 0 aromatic heterocycles. The van der Waals surface area contributed by atoms with Crippen LogP contribution in [0.25, 0.3) is 0 Å². The Balaban J connectivity index is -0.0000000720. The summed E-state index contributed by atoms with van der Waals surface area (Å²) in [7, 11) is -6.49. The predicted molar refractivity (Wildman–Crippen MR) is 17.4 cm³/mol. The van der Waals surface area contributed by atoms with Crippen molar-refractivity contribution in [3.05, 3.63) is 0 Å². The minimum Gasteiger partial charge on any atom is -0.598 e. The van der Waals surface area contributed by atoms with E-state index in [-0.39, 0.29) is 29.6 Å². The van der Waals surface area contributed by atoms with Gasteiger partial charge in [0.2, 0.25) is 0 Å². The molecule has 0 amide bonds. The Hall–Kier alpha value is 1.04. The Labute approximate surface area is 74.7 Å². The zero-order valence-corrected chi connectivity index (χ0v) is 8.17. The van der Waals surface area contributed by atoms with Crippen LogP contribution < -0.4 is 44.2 Å². The molecule has 0 aromatic carbocycles. The summed E-state index contributed by atoms with van der Waals surface area (Å²) in [5.41, 5.74) is 0. The average Bonchev–Trinajstić information content (AvgIpc) is 1.25. The van der Waals surface area contributed by atoms with Gasteiger partial charge in [-0.25, -0.2) is 0 Å². The second-order valence-corrected chi connectivity index (χ2v) is 1.38. The van der Waals surface area contributed by atoms with Gasteiger partial charge < -0.3 is 14.7 Å². The van der Waals surface area contributed by atoms with Gasteiger partial charge >= 0.3 is 37.8 Å². The normalized spacial score (nSPS) is 7.78. The summed E-state index contributed by atoms with van der Waals surface area (Å²) in [5, 5.41) is 0. The molecule has 0 aliphatic carbocycles. The summed E-state index contributed by atoms with van der Waals surface area (Å²) in [6.07, 6.45) is 0. The van der Waals surface area contributed by atoms with Gasteiger partial charge in [0.25, 0.3) is 8.25 Å². The van der Waals surface area contributed by atoms with E-state index in [0.717, 1.165) is 0 Å². The van der Waals surface area contributed by atoms with E-state index in [1.54, 1.807) is 0 Å². The number of hydrogen-bond acceptors (Lipinski definition) is 5. The first-order chi connectivity index (χ1) is 3.46. The number of hydrogen-bond donors (Lipinski definition) is 1. The van der Waals surface area contributed by atoms with Crippen LogP contribution in [0.15, 0.2) is 0 Å². The average molecular weight is 182 g/mol. The van der Waals surface area contributed by atoms with E-state index < -0.39 is 16.5 Å². The molecule has 0 aliphatic rings. The maximum Gasteiger partial charge on any atom is 1.00 e. The van der Waals surface area contributed by atoms with Gasteiger partial charge in [-0.1, -0.05) is 4.57 Å². The third-order valence-corrected chi connectivity index (χ3v) is 0. The molecule has 0 bridgehead atoms. The van der Waals surface area contributed by atoms with Gasteiger partial charge in [0.05, 0.1) is 0 Å². The molecule has 48 valence electrons. The van der Waals surface area contributed by atoms with Crippen LogP contribution >= 0.6 is 16.5 Å². The first-order valence-corrected chi connectivity index (χ1v) is 3.34. The Morgan fingerprint density at radius 1 is 1.11 bits per heavy atom. The quantitative estimate of drug-likeness (QED) is 0.294. The van der Waals surface area contributed by atoms with Crippen molar-refractivity contribution >= 4 is 16.5 Å². The summed E-state index contributed by atoms with van der Waals surface area (Å²) in [4.78, 5) is 32.6. The second-order valence-electron chi connectivity index (χ2n) is 0.461. The largest absolute Gasteiger partial charge is 1.00 e. The first kappa shape index (κ1) is 16.6. The van der Waals surface area contributed by atoms with Crippen LogP contribution in [0.5, 0.6) is 0 Å². The molecular weight excluding hydrogens is 181 g/mol. The van der Waals surface area contributed by atoms with Crippen molar-refractivity contribution in [2.45, 2.75) is 0 Å². The molecule has 0 saturated carbocycles. The fourth-order valence-electron chi connectivity index (χ4n) is 0. The molecule has 0 aromatic rings. The molecule has 0 spiro atoms. The Bertz CT molecular complexity index is 69.1. The van der Waals surface area contributed by atoms with Crippen molar-refractivity contribution in [2.75, 3.05) is 0 Å². The van der Waals surface area contributed by atoms with E-state index in [1.165, 1.54) is 0 Å². The Morgan fingerprint density at radius 3 is 1.11 bits per heavy atom. The van der Waals surface area contributed by atoms with E-state index in [0.29, 0.717) is 0 Å². The topological polar surface area (TPSA) is 124 Å². The molecule has 0 saturated heterocycles. The second kappa shape index (κ2) is 11.8. The molecule has 0 radical (unpaired) electrons. The number of rotatable bonds is 0. The van der Waals surface area contributed by atoms with E-state index in [1.807, 2.05) is 0 Å². The van der Waals surface area contributed by atoms with Crippen LogP contribution in [0.4, 0.5) is 0 Å². The summed E-state index contributed by atoms with van der Waals surface area (Å²) in [6.45, 7) is 0. The standard InChI is InChI=1S/Na.2HO3P/c;2*1-4(2)3/h;2*(H,1,2,3)/q+1;;/p-1. The molecule has 1 N–H and O–H groups in total. The van der Waals surface area contributed by atoms with Crippen LogP contribution in [0.3, 0.4) is 0 Å². The molecule has 1 unspecified atom stereocenters. The van der Waals surface area contributed by atoms with E-state index in [2.05, 4.69) is 0 Å². The fraction of sp³-hybridized carbons (Fsp3) is 0. The molecular formula is HNaO6P2. The zero-order valence-electron chi connectivity index (χ0n) is 4.38. The molecule has 6 nitrogen and oxygen atoms in total. The Kier molecular flexibility index (Phi) is 21.7. The SMILES string of the molecule is O=[P+]([O-])O.O=[P+]([O-])[O-].[Na+]. The van der Waals surface area contributed by atoms with Crippen molar-refractivity contribution in [3.63, 3.8) is 0 Å². The molecule has 0 fully saturated rings. The van der Waals surface area contributed by atoms with Crippen molar-refractivity contribution in [3.8, 4) is 0 Å². The minimum absolute atomic E-state index is 0. The molecule has 9 heteroatoms. The molecule has 0 rings (SSSR count). The van der Waals surface area contributed by atoms with Crippen molar-refractivity contribution in [1.82, 2.24) is 0 Å². The summed E-state index contributed by atoms with van der Waals surface area (Å²) in [6, 6.07) is 0. The summed E-state index contributed by atoms with van der Waals surface area (Å²) < 4.78 is 17.1. The fourth-order valence-corrected chi connectivity index (χ4v) is 0. The van der Waals surface area contributed by atoms with Gasteiger partial charge in [0.1, 0.15) is 0 Å². The van der Waals surface area contributed by atoms with Crippen LogP contribution in [0.2, 0.25) is 0 Å². The monoisotopic (exact) mass is 182 g/mol. The molecule has 9 heavy (non-hydrogen) atoms. The smallest absolute Gasteiger partial charge is 0.598 e. The van der Waals surface area contributed by atoms with Crippen molar-refractivity contribution in [2.24, 2.45) is 0 Å². The minimum atomic E-state index is -3.37. The maximum absolute atomic E-state index is 8.59. The molecule has 0 heterocycles. The third kappa shape index (κ3) is 414. The third-order valence-electron chi connectivity index (χ3n) is 0. The van der Waals surface area contributed by atoms with Gasteiger partial charge in [-0.05, 0) is 4.57 Å². The Morgan fingerprint density at radius 2 is 1.11 bits per heavy atom. The van der Waals surface area contributed by atoms with Gasteiger partial charge in [-0.2, -0.15) is 4.89 Å². The van der Waals surface area contributed by atoms with Crippen molar-refractivity contribution < 1.29 is 58.3 Å². The van der Waals surface area contributed by atoms with E-state index >= 15 is 0 Å². The summed E-state index contributed by atoms with van der Waals surface area (Å²) >= 11 is 0. The van der Waals surface area contributed by atoms with Gasteiger partial charge in [0.15, 0.2) is 0 Å². The predicted octanol–water partition coefficient (Wildman–Crippen LogP) is -5.64. The van der Waals surface area contributed by atoms with Gasteiger partial charge in [-0.15, -0.1) is 0 Å². The molecule has 0 aliphatic heterocycles. The van der Waals surface area contributed by atoms with Crippen LogP contribution in [0, 0.1) is 0 Å². The van der Waals surface area contributed by atoms with Crippen LogP contribution in [-0.2, 0) is 9.13 Å². The molecule has 1 atom stereocenters. The first-order valence-electron chi connectivity index (χ1n) is 1.11. The zero-order chi connectivity index (χ0) is 7.15. The van der Waals surface area contributed by atoms with Crippen LogP contribution in [-0.4, -0.2) is 4.89 Å². The van der Waals surface area contributed by atoms with E-state index in [4.69, 9.17) is 28.7 Å². The van der Waals surface area contributed by atoms with Crippen LogP contribution in [0.1, 0.15) is 0 Å². The van der Waals surface area contributed by atoms with E-state index in [9.17, 15) is 0 Å².